The molecule has 0 saturated heterocycles. The van der Waals surface area contributed by atoms with Crippen LogP contribution in [-0.2, 0) is 13.5 Å². The van der Waals surface area contributed by atoms with Crippen LogP contribution in [0.25, 0.3) is 17.0 Å². The second kappa shape index (κ2) is 7.51. The number of fused-ring (bicyclic) bond motifs is 1. The number of rotatable bonds is 2. The van der Waals surface area contributed by atoms with Crippen molar-refractivity contribution in [3.8, 4) is 5.75 Å². The molecular weight excluding hydrogens is 411 g/mol. The maximum atomic E-state index is 6.54. The van der Waals surface area contributed by atoms with E-state index in [1.54, 1.807) is 7.11 Å². The molecule has 0 atom stereocenters. The predicted octanol–water partition coefficient (Wildman–Crippen LogP) is 5.61. The molecule has 2 aliphatic heterocycles. The summed E-state index contributed by atoms with van der Waals surface area (Å²) in [4.78, 5) is 3.83. The van der Waals surface area contributed by atoms with E-state index in [9.17, 15) is 0 Å². The highest BCUT2D eigenvalue weighted by Crippen LogP contribution is 2.50. The average Bonchev–Trinajstić information content (AvgIpc) is 3.05. The number of ether oxygens (including phenoxy) is 1. The molecule has 28 heavy (non-hydrogen) atoms. The molecule has 0 radical (unpaired) electrons. The summed E-state index contributed by atoms with van der Waals surface area (Å²) in [5, 5.41) is 3.16. The molecule has 0 N–H and O–H groups in total. The fourth-order valence-corrected chi connectivity index (χ4v) is 5.42. The molecule has 0 aliphatic carbocycles. The number of aryl methyl sites for hydroxylation is 2. The van der Waals surface area contributed by atoms with Crippen LogP contribution in [0.2, 0.25) is 5.15 Å². The van der Waals surface area contributed by atoms with Crippen molar-refractivity contribution in [1.29, 1.82) is 0 Å². The Morgan fingerprint density at radius 3 is 2.89 bits per heavy atom. The molecule has 3 aromatic rings. The number of pyridine rings is 1. The number of para-hydroxylation sites is 1. The van der Waals surface area contributed by atoms with Crippen molar-refractivity contribution in [2.75, 3.05) is 18.6 Å². The Balaban J connectivity index is 0.00000192. The molecule has 0 saturated carbocycles. The smallest absolute Gasteiger partial charge is 0.275 e. The third-order valence-corrected chi connectivity index (χ3v) is 6.87. The van der Waals surface area contributed by atoms with Crippen LogP contribution in [0, 0.1) is 0 Å². The minimum Gasteiger partial charge on any atom is -0.497 e. The number of hydrogen-bond acceptors (Lipinski definition) is 3. The van der Waals surface area contributed by atoms with Crippen molar-refractivity contribution in [2.24, 2.45) is 7.05 Å². The summed E-state index contributed by atoms with van der Waals surface area (Å²) in [6, 6.07) is 14.9. The van der Waals surface area contributed by atoms with E-state index in [0.29, 0.717) is 5.15 Å². The lowest BCUT2D eigenvalue weighted by Crippen LogP contribution is -2.30. The van der Waals surface area contributed by atoms with E-state index < -0.39 is 0 Å². The third kappa shape index (κ3) is 3.04. The van der Waals surface area contributed by atoms with Gasteiger partial charge < -0.3 is 9.64 Å². The SMILES string of the molecule is COc1ccc2c(/C=C3/Sc4cccc5c4N3CCC5)cc(Cl)[n+](C)c2c1.Cl. The van der Waals surface area contributed by atoms with E-state index in [1.807, 2.05) is 35.5 Å². The van der Waals surface area contributed by atoms with Gasteiger partial charge in [0.05, 0.1) is 29.3 Å². The van der Waals surface area contributed by atoms with Crippen LogP contribution < -0.4 is 14.2 Å². The summed E-state index contributed by atoms with van der Waals surface area (Å²) in [7, 11) is 3.67. The fraction of sp³-hybridized carbons (Fsp3) is 0.227. The fourth-order valence-electron chi connectivity index (χ4n) is 4.02. The van der Waals surface area contributed by atoms with Crippen molar-refractivity contribution in [1.82, 2.24) is 0 Å². The Morgan fingerprint density at radius 1 is 1.21 bits per heavy atom. The molecule has 0 fully saturated rings. The van der Waals surface area contributed by atoms with Gasteiger partial charge in [-0.2, -0.15) is 4.57 Å². The average molecular weight is 432 g/mol. The molecule has 5 rings (SSSR count). The van der Waals surface area contributed by atoms with Crippen LogP contribution in [0.1, 0.15) is 17.5 Å². The molecule has 144 valence electrons. The van der Waals surface area contributed by atoms with E-state index in [-0.39, 0.29) is 12.4 Å². The van der Waals surface area contributed by atoms with Crippen molar-refractivity contribution in [3.05, 3.63) is 63.8 Å². The molecule has 3 heterocycles. The standard InChI is InChI=1S/C22H20ClN2OS.ClH/c1-24-18-13-16(26-2)8-9-17(18)15(11-20(24)23)12-21-25-10-4-6-14-5-3-7-19(27-21)22(14)25;/h3,5,7-9,11-13H,4,6,10H2,1-2H3;1H/q+1;. The number of methoxy groups -OCH3 is 1. The Hall–Kier alpha value is -1.88. The normalized spacial score (nSPS) is 16.2. The zero-order valence-electron chi connectivity index (χ0n) is 15.7. The largest absolute Gasteiger partial charge is 0.497 e. The Morgan fingerprint density at radius 2 is 2.07 bits per heavy atom. The summed E-state index contributed by atoms with van der Waals surface area (Å²) in [6.45, 7) is 1.07. The predicted molar refractivity (Wildman–Crippen MR) is 120 cm³/mol. The van der Waals surface area contributed by atoms with Crippen molar-refractivity contribution in [3.63, 3.8) is 0 Å². The maximum absolute atomic E-state index is 6.54. The number of anilines is 1. The van der Waals surface area contributed by atoms with Crippen molar-refractivity contribution < 1.29 is 9.30 Å². The molecular formula is C22H21Cl2N2OS+. The zero-order valence-corrected chi connectivity index (χ0v) is 18.1. The molecule has 0 amide bonds. The van der Waals surface area contributed by atoms with Gasteiger partial charge in [0, 0.05) is 17.5 Å². The van der Waals surface area contributed by atoms with Gasteiger partial charge in [0.15, 0.2) is 0 Å². The first-order chi connectivity index (χ1) is 13.2. The van der Waals surface area contributed by atoms with Gasteiger partial charge in [-0.1, -0.05) is 23.9 Å². The summed E-state index contributed by atoms with van der Waals surface area (Å²) >= 11 is 8.40. The van der Waals surface area contributed by atoms with Crippen LogP contribution in [0.5, 0.6) is 5.75 Å². The molecule has 6 heteroatoms. The first kappa shape index (κ1) is 19.4. The van der Waals surface area contributed by atoms with Gasteiger partial charge >= 0.3 is 0 Å². The van der Waals surface area contributed by atoms with Crippen LogP contribution in [0.4, 0.5) is 5.69 Å². The quantitative estimate of drug-likeness (QED) is 0.387. The summed E-state index contributed by atoms with van der Waals surface area (Å²) < 4.78 is 7.40. The number of nitrogens with zero attached hydrogens (tertiary/aromatic N) is 2. The summed E-state index contributed by atoms with van der Waals surface area (Å²) in [6.07, 6.45) is 4.64. The first-order valence-electron chi connectivity index (χ1n) is 9.11. The van der Waals surface area contributed by atoms with Crippen LogP contribution in [0.15, 0.2) is 52.4 Å². The highest BCUT2D eigenvalue weighted by atomic mass is 35.5. The second-order valence-corrected chi connectivity index (χ2v) is 8.42. The number of halogens is 2. The molecule has 0 unspecified atom stereocenters. The Kier molecular flexibility index (Phi) is 5.21. The lowest BCUT2D eigenvalue weighted by Gasteiger charge is -2.27. The van der Waals surface area contributed by atoms with Gasteiger partial charge in [-0.3, -0.25) is 0 Å². The minimum absolute atomic E-state index is 0. The van der Waals surface area contributed by atoms with Crippen LogP contribution in [-0.4, -0.2) is 13.7 Å². The van der Waals surface area contributed by atoms with Gasteiger partial charge in [-0.05, 0) is 59.8 Å². The van der Waals surface area contributed by atoms with Crippen molar-refractivity contribution in [2.45, 2.75) is 17.7 Å². The summed E-state index contributed by atoms with van der Waals surface area (Å²) in [5.74, 6) is 0.835. The molecule has 3 nitrogen and oxygen atoms in total. The molecule has 0 spiro atoms. The molecule has 2 aliphatic rings. The van der Waals surface area contributed by atoms with Gasteiger partial charge in [-0.25, -0.2) is 0 Å². The van der Waals surface area contributed by atoms with Gasteiger partial charge in [-0.15, -0.1) is 12.4 Å². The van der Waals surface area contributed by atoms with Gasteiger partial charge in [0.2, 0.25) is 5.52 Å². The van der Waals surface area contributed by atoms with E-state index >= 15 is 0 Å². The highest BCUT2D eigenvalue weighted by molar-refractivity contribution is 8.03. The molecule has 1 aromatic heterocycles. The number of aromatic nitrogens is 1. The third-order valence-electron chi connectivity index (χ3n) is 5.41. The number of thioether (sulfide) groups is 1. The Bertz CT molecular complexity index is 1110. The van der Waals surface area contributed by atoms with E-state index in [4.69, 9.17) is 16.3 Å². The Labute approximate surface area is 180 Å². The number of hydrogen-bond donors (Lipinski definition) is 0. The molecule has 0 bridgehead atoms. The topological polar surface area (TPSA) is 16.4 Å². The van der Waals surface area contributed by atoms with Crippen LogP contribution >= 0.6 is 35.8 Å². The van der Waals surface area contributed by atoms with E-state index in [2.05, 4.69) is 41.3 Å². The van der Waals surface area contributed by atoms with Crippen molar-refractivity contribution >= 4 is 58.4 Å². The lowest BCUT2D eigenvalue weighted by molar-refractivity contribution is -0.642. The van der Waals surface area contributed by atoms with Gasteiger partial charge in [0.1, 0.15) is 12.8 Å². The zero-order chi connectivity index (χ0) is 18.5. The van der Waals surface area contributed by atoms with Gasteiger partial charge in [0.25, 0.3) is 5.15 Å². The monoisotopic (exact) mass is 431 g/mol. The highest BCUT2D eigenvalue weighted by Gasteiger charge is 2.30. The summed E-state index contributed by atoms with van der Waals surface area (Å²) in [5.41, 5.74) is 5.06. The van der Waals surface area contributed by atoms with E-state index in [1.165, 1.54) is 39.4 Å². The van der Waals surface area contributed by atoms with Crippen LogP contribution in [0.3, 0.4) is 0 Å². The first-order valence-corrected chi connectivity index (χ1v) is 10.3. The maximum Gasteiger partial charge on any atom is 0.275 e. The second-order valence-electron chi connectivity index (χ2n) is 6.97. The lowest BCUT2D eigenvalue weighted by atomic mass is 10.0. The minimum atomic E-state index is 0. The van der Waals surface area contributed by atoms with E-state index in [0.717, 1.165) is 23.4 Å². The number of benzene rings is 2. The molecule has 2 aromatic carbocycles.